The molecule has 4 nitrogen and oxygen atoms in total. The largest absolute Gasteiger partial charge is 0.354 e. The molecule has 13 heavy (non-hydrogen) atoms. The number of rotatable bonds is 4. The molecular weight excluding hydrogens is 168 g/mol. The summed E-state index contributed by atoms with van der Waals surface area (Å²) in [4.78, 5) is 24.1. The van der Waals surface area contributed by atoms with Gasteiger partial charge < -0.3 is 5.32 Å². The number of carbonyl (C=O) groups excluding carboxylic acids is 2. The molecule has 1 fully saturated rings. The van der Waals surface area contributed by atoms with Crippen molar-refractivity contribution in [2.24, 2.45) is 0 Å². The average molecular weight is 184 g/mol. The van der Waals surface area contributed by atoms with E-state index in [4.69, 9.17) is 0 Å². The van der Waals surface area contributed by atoms with Gasteiger partial charge in [0.25, 0.3) is 0 Å². The summed E-state index contributed by atoms with van der Waals surface area (Å²) in [6.45, 7) is 4.25. The second-order valence-electron chi connectivity index (χ2n) is 3.35. The molecule has 0 atom stereocenters. The Morgan fingerprint density at radius 1 is 1.62 bits per heavy atom. The van der Waals surface area contributed by atoms with Gasteiger partial charge >= 0.3 is 0 Å². The van der Waals surface area contributed by atoms with Gasteiger partial charge in [0, 0.05) is 19.5 Å². The third-order valence-corrected chi connectivity index (χ3v) is 2.05. The summed E-state index contributed by atoms with van der Waals surface area (Å²) in [5.41, 5.74) is 0. The lowest BCUT2D eigenvalue weighted by molar-refractivity contribution is -0.126. The van der Waals surface area contributed by atoms with Crippen molar-refractivity contribution in [3.8, 4) is 0 Å². The highest BCUT2D eigenvalue weighted by atomic mass is 16.2. The predicted octanol–water partition coefficient (Wildman–Crippen LogP) is -0.213. The molecule has 4 heteroatoms. The Bertz CT molecular complexity index is 204. The summed E-state index contributed by atoms with van der Waals surface area (Å²) in [5, 5.41) is 2.73. The molecule has 1 heterocycles. The molecule has 1 amide bonds. The number of ketones is 1. The minimum absolute atomic E-state index is 0.0237. The summed E-state index contributed by atoms with van der Waals surface area (Å²) in [6, 6.07) is 0. The van der Waals surface area contributed by atoms with E-state index in [1.807, 2.05) is 11.8 Å². The second kappa shape index (κ2) is 4.97. The number of nitrogens with zero attached hydrogens (tertiary/aromatic N) is 1. The topological polar surface area (TPSA) is 49.4 Å². The number of carbonyl (C=O) groups is 2. The molecule has 0 bridgehead atoms. The minimum Gasteiger partial charge on any atom is -0.354 e. The lowest BCUT2D eigenvalue weighted by Gasteiger charge is -2.25. The van der Waals surface area contributed by atoms with E-state index in [0.29, 0.717) is 26.1 Å². The van der Waals surface area contributed by atoms with Crippen LogP contribution in [-0.2, 0) is 9.59 Å². The zero-order valence-electron chi connectivity index (χ0n) is 8.01. The van der Waals surface area contributed by atoms with Crippen LogP contribution >= 0.6 is 0 Å². The van der Waals surface area contributed by atoms with Crippen LogP contribution in [0.15, 0.2) is 0 Å². The van der Waals surface area contributed by atoms with Crippen LogP contribution in [0.25, 0.3) is 0 Å². The molecule has 1 N–H and O–H groups in total. The smallest absolute Gasteiger partial charge is 0.234 e. The molecule has 0 saturated carbocycles. The third-order valence-electron chi connectivity index (χ3n) is 2.05. The first kappa shape index (κ1) is 10.2. The molecule has 0 aliphatic carbocycles. The summed E-state index contributed by atoms with van der Waals surface area (Å²) >= 11 is 0. The van der Waals surface area contributed by atoms with Gasteiger partial charge in [-0.05, 0) is 6.42 Å². The van der Waals surface area contributed by atoms with Crippen LogP contribution in [0.5, 0.6) is 0 Å². The van der Waals surface area contributed by atoms with E-state index in [2.05, 4.69) is 5.32 Å². The Kier molecular flexibility index (Phi) is 3.89. The first-order valence-electron chi connectivity index (χ1n) is 4.73. The van der Waals surface area contributed by atoms with Crippen molar-refractivity contribution in [2.45, 2.75) is 19.8 Å². The minimum atomic E-state index is 0.0237. The maximum Gasteiger partial charge on any atom is 0.234 e. The van der Waals surface area contributed by atoms with Crippen LogP contribution in [-0.4, -0.2) is 42.8 Å². The normalized spacial score (nSPS) is 18.4. The highest BCUT2D eigenvalue weighted by Crippen LogP contribution is 1.96. The number of hydrogen-bond acceptors (Lipinski definition) is 3. The number of nitrogens with one attached hydrogen (secondary N) is 1. The molecule has 0 spiro atoms. The van der Waals surface area contributed by atoms with E-state index in [1.165, 1.54) is 0 Å². The summed E-state index contributed by atoms with van der Waals surface area (Å²) < 4.78 is 0. The van der Waals surface area contributed by atoms with Crippen molar-refractivity contribution in [1.29, 1.82) is 0 Å². The van der Waals surface area contributed by atoms with Crippen molar-refractivity contribution < 1.29 is 9.59 Å². The Morgan fingerprint density at radius 2 is 2.38 bits per heavy atom. The molecule has 1 saturated heterocycles. The SMILES string of the molecule is CCCC(=O)CN1CCNC(=O)C1. The lowest BCUT2D eigenvalue weighted by atomic mass is 10.2. The fourth-order valence-electron chi connectivity index (χ4n) is 1.43. The van der Waals surface area contributed by atoms with Crippen LogP contribution in [0.4, 0.5) is 0 Å². The van der Waals surface area contributed by atoms with Crippen LogP contribution in [0.1, 0.15) is 19.8 Å². The van der Waals surface area contributed by atoms with Crippen molar-refractivity contribution >= 4 is 11.7 Å². The average Bonchev–Trinajstić information content (AvgIpc) is 2.04. The molecule has 0 radical (unpaired) electrons. The van der Waals surface area contributed by atoms with Crippen LogP contribution in [0, 0.1) is 0 Å². The van der Waals surface area contributed by atoms with Crippen LogP contribution < -0.4 is 5.32 Å². The standard InChI is InChI=1S/C9H16N2O2/c1-2-3-8(12)6-11-5-4-10-9(13)7-11/h2-7H2,1H3,(H,10,13). The van der Waals surface area contributed by atoms with Gasteiger partial charge in [-0.1, -0.05) is 6.92 Å². The van der Waals surface area contributed by atoms with Gasteiger partial charge in [-0.2, -0.15) is 0 Å². The van der Waals surface area contributed by atoms with Gasteiger partial charge in [0.15, 0.2) is 0 Å². The van der Waals surface area contributed by atoms with Crippen molar-refractivity contribution in [1.82, 2.24) is 10.2 Å². The molecule has 74 valence electrons. The Labute approximate surface area is 78.3 Å². The van der Waals surface area contributed by atoms with E-state index in [0.717, 1.165) is 13.0 Å². The fraction of sp³-hybridized carbons (Fsp3) is 0.778. The van der Waals surface area contributed by atoms with Crippen LogP contribution in [0.3, 0.4) is 0 Å². The van der Waals surface area contributed by atoms with Crippen molar-refractivity contribution in [2.75, 3.05) is 26.2 Å². The number of piperazine rings is 1. The maximum atomic E-state index is 11.2. The number of hydrogen-bond donors (Lipinski definition) is 1. The zero-order valence-corrected chi connectivity index (χ0v) is 8.01. The van der Waals surface area contributed by atoms with E-state index < -0.39 is 0 Å². The summed E-state index contributed by atoms with van der Waals surface area (Å²) in [6.07, 6.45) is 1.51. The highest BCUT2D eigenvalue weighted by Gasteiger charge is 2.17. The Balaban J connectivity index is 2.27. The van der Waals surface area contributed by atoms with Crippen molar-refractivity contribution in [3.05, 3.63) is 0 Å². The number of Topliss-reactive ketones (excluding diaryl/α,β-unsaturated/α-hetero) is 1. The first-order chi connectivity index (χ1) is 6.22. The lowest BCUT2D eigenvalue weighted by Crippen LogP contribution is -2.49. The quantitative estimate of drug-likeness (QED) is 0.657. The predicted molar refractivity (Wildman–Crippen MR) is 49.4 cm³/mol. The Hall–Kier alpha value is -0.900. The molecule has 0 aromatic carbocycles. The van der Waals surface area contributed by atoms with Crippen LogP contribution in [0.2, 0.25) is 0 Å². The molecule has 1 rings (SSSR count). The molecule has 0 unspecified atom stereocenters. The van der Waals surface area contributed by atoms with Gasteiger partial charge in [-0.25, -0.2) is 0 Å². The maximum absolute atomic E-state index is 11.2. The molecule has 1 aliphatic heterocycles. The summed E-state index contributed by atoms with van der Waals surface area (Å²) in [7, 11) is 0. The van der Waals surface area contributed by atoms with E-state index in [1.54, 1.807) is 0 Å². The van der Waals surface area contributed by atoms with Gasteiger partial charge in [-0.15, -0.1) is 0 Å². The monoisotopic (exact) mass is 184 g/mol. The van der Waals surface area contributed by atoms with Gasteiger partial charge in [-0.3, -0.25) is 14.5 Å². The highest BCUT2D eigenvalue weighted by molar-refractivity contribution is 5.82. The van der Waals surface area contributed by atoms with Crippen molar-refractivity contribution in [3.63, 3.8) is 0 Å². The van der Waals surface area contributed by atoms with E-state index in [9.17, 15) is 9.59 Å². The number of amides is 1. The van der Waals surface area contributed by atoms with E-state index in [-0.39, 0.29) is 11.7 Å². The van der Waals surface area contributed by atoms with E-state index >= 15 is 0 Å². The fourth-order valence-corrected chi connectivity index (χ4v) is 1.43. The first-order valence-corrected chi connectivity index (χ1v) is 4.73. The molecule has 1 aliphatic rings. The Morgan fingerprint density at radius 3 is 3.00 bits per heavy atom. The summed E-state index contributed by atoms with van der Waals surface area (Å²) in [5.74, 6) is 0.257. The third kappa shape index (κ3) is 3.55. The van der Waals surface area contributed by atoms with Gasteiger partial charge in [0.2, 0.25) is 5.91 Å². The molecule has 0 aromatic rings. The van der Waals surface area contributed by atoms with Gasteiger partial charge in [0.05, 0.1) is 13.1 Å². The zero-order chi connectivity index (χ0) is 9.68. The second-order valence-corrected chi connectivity index (χ2v) is 3.35. The van der Waals surface area contributed by atoms with Gasteiger partial charge in [0.1, 0.15) is 5.78 Å². The molecular formula is C9H16N2O2. The molecule has 0 aromatic heterocycles.